The predicted molar refractivity (Wildman–Crippen MR) is 159 cm³/mol. The highest BCUT2D eigenvalue weighted by molar-refractivity contribution is 6.39. The first-order valence-corrected chi connectivity index (χ1v) is 14.9. The van der Waals surface area contributed by atoms with E-state index in [4.69, 9.17) is 32.7 Å². The molecule has 2 aromatic rings. The van der Waals surface area contributed by atoms with Gasteiger partial charge in [0.15, 0.2) is 0 Å². The molecule has 0 spiro atoms. The third-order valence-corrected chi connectivity index (χ3v) is 7.06. The molecule has 1 atom stereocenters. The number of unbranched alkanes of at least 4 members (excludes halogenated alkanes) is 10. The van der Waals surface area contributed by atoms with Gasteiger partial charge in [-0.3, -0.25) is 9.59 Å². The van der Waals surface area contributed by atoms with Crippen molar-refractivity contribution in [1.82, 2.24) is 0 Å². The minimum atomic E-state index is -1.08. The molecule has 39 heavy (non-hydrogen) atoms. The van der Waals surface area contributed by atoms with Crippen molar-refractivity contribution in [2.75, 3.05) is 18.5 Å². The number of benzene rings is 2. The maximum Gasteiger partial charge on any atom is 0.310 e. The van der Waals surface area contributed by atoms with Crippen LogP contribution in [0.4, 0.5) is 11.4 Å². The molecule has 8 heteroatoms. The average Bonchev–Trinajstić information content (AvgIpc) is 2.92. The van der Waals surface area contributed by atoms with Crippen LogP contribution in [0.15, 0.2) is 42.5 Å². The van der Waals surface area contributed by atoms with Gasteiger partial charge in [-0.15, -0.1) is 0 Å². The summed E-state index contributed by atoms with van der Waals surface area (Å²) in [6, 6.07) is 12.4. The summed E-state index contributed by atoms with van der Waals surface area (Å²) in [6.45, 7) is 1.78. The Morgan fingerprint density at radius 3 is 1.92 bits per heavy atom. The number of aliphatic hydroxyl groups excluding tert-OH is 1. The van der Waals surface area contributed by atoms with Crippen LogP contribution in [0.5, 0.6) is 0 Å². The monoisotopic (exact) mass is 579 g/mol. The summed E-state index contributed by atoms with van der Waals surface area (Å²) in [5, 5.41) is 14.2. The number of halogens is 2. The first kappa shape index (κ1) is 32.9. The number of carbonyl (C=O) groups excluding carboxylic acids is 2. The van der Waals surface area contributed by atoms with E-state index in [0.717, 1.165) is 19.3 Å². The smallest absolute Gasteiger partial charge is 0.310 e. The number of rotatable bonds is 20. The second-order valence-electron chi connectivity index (χ2n) is 9.86. The van der Waals surface area contributed by atoms with E-state index in [1.165, 1.54) is 51.4 Å². The molecule has 0 bridgehead atoms. The lowest BCUT2D eigenvalue weighted by Crippen LogP contribution is -2.26. The van der Waals surface area contributed by atoms with Gasteiger partial charge in [-0.05, 0) is 30.2 Å². The van der Waals surface area contributed by atoms with Crippen LogP contribution >= 0.6 is 23.2 Å². The molecular formula is C31H43Cl2NO5. The Morgan fingerprint density at radius 1 is 0.769 bits per heavy atom. The molecule has 0 aliphatic rings. The van der Waals surface area contributed by atoms with Gasteiger partial charge >= 0.3 is 11.9 Å². The van der Waals surface area contributed by atoms with E-state index in [-0.39, 0.29) is 25.6 Å². The largest absolute Gasteiger partial charge is 0.463 e. The number of nitrogens with one attached hydrogen (secondary N) is 1. The SMILES string of the molecule is CCCCCCCCCCCCCC(=O)OCC(O)COC(=O)Cc1ccccc1Nc1c(Cl)cccc1Cl. The molecule has 0 saturated heterocycles. The summed E-state index contributed by atoms with van der Waals surface area (Å²) < 4.78 is 10.3. The molecular weight excluding hydrogens is 537 g/mol. The van der Waals surface area contributed by atoms with Gasteiger partial charge < -0.3 is 19.9 Å². The average molecular weight is 581 g/mol. The van der Waals surface area contributed by atoms with Crippen LogP contribution in [-0.4, -0.2) is 36.4 Å². The zero-order valence-corrected chi connectivity index (χ0v) is 24.6. The number of esters is 2. The van der Waals surface area contributed by atoms with Gasteiger partial charge in [0.05, 0.1) is 22.2 Å². The minimum Gasteiger partial charge on any atom is -0.463 e. The van der Waals surface area contributed by atoms with Crippen LogP contribution < -0.4 is 5.32 Å². The van der Waals surface area contributed by atoms with Crippen molar-refractivity contribution in [2.24, 2.45) is 0 Å². The Bertz CT molecular complexity index is 980. The van der Waals surface area contributed by atoms with Crippen LogP contribution in [0.3, 0.4) is 0 Å². The second kappa shape index (κ2) is 19.7. The molecule has 6 nitrogen and oxygen atoms in total. The van der Waals surface area contributed by atoms with Crippen molar-refractivity contribution >= 4 is 46.5 Å². The van der Waals surface area contributed by atoms with E-state index in [0.29, 0.717) is 33.4 Å². The lowest BCUT2D eigenvalue weighted by molar-refractivity contribution is -0.152. The first-order chi connectivity index (χ1) is 18.9. The molecule has 216 valence electrons. The van der Waals surface area contributed by atoms with E-state index in [1.807, 2.05) is 18.2 Å². The van der Waals surface area contributed by atoms with Crippen molar-refractivity contribution in [1.29, 1.82) is 0 Å². The summed E-state index contributed by atoms with van der Waals surface area (Å²) in [6.07, 6.45) is 12.6. The third kappa shape index (κ3) is 14.1. The highest BCUT2D eigenvalue weighted by Crippen LogP contribution is 2.33. The van der Waals surface area contributed by atoms with E-state index in [1.54, 1.807) is 24.3 Å². The molecule has 0 aromatic heterocycles. The molecule has 0 heterocycles. The van der Waals surface area contributed by atoms with Gasteiger partial charge in [0.2, 0.25) is 0 Å². The highest BCUT2D eigenvalue weighted by atomic mass is 35.5. The topological polar surface area (TPSA) is 84.9 Å². The number of para-hydroxylation sites is 2. The fourth-order valence-corrected chi connectivity index (χ4v) is 4.68. The van der Waals surface area contributed by atoms with Gasteiger partial charge in [-0.25, -0.2) is 0 Å². The Balaban J connectivity index is 1.59. The molecule has 0 saturated carbocycles. The summed E-state index contributed by atoms with van der Waals surface area (Å²) in [7, 11) is 0. The van der Waals surface area contributed by atoms with Crippen LogP contribution in [0, 0.1) is 0 Å². The number of hydrogen-bond donors (Lipinski definition) is 2. The Hall–Kier alpha value is -2.28. The highest BCUT2D eigenvalue weighted by Gasteiger charge is 2.15. The zero-order valence-electron chi connectivity index (χ0n) is 23.1. The molecule has 2 rings (SSSR count). The number of aliphatic hydroxyl groups is 1. The van der Waals surface area contributed by atoms with E-state index < -0.39 is 12.1 Å². The quantitative estimate of drug-likeness (QED) is 0.121. The van der Waals surface area contributed by atoms with Crippen molar-refractivity contribution in [3.63, 3.8) is 0 Å². The standard InChI is InChI=1S/C31H43Cl2NO5/c1-2-3-4-5-6-7-8-9-10-11-12-20-29(36)38-22-25(35)23-39-30(37)21-24-16-13-14-19-28(24)34-31-26(32)17-15-18-27(31)33/h13-19,25,34-35H,2-12,20-23H2,1H3. The first-order valence-electron chi connectivity index (χ1n) is 14.2. The zero-order chi connectivity index (χ0) is 28.3. The molecule has 2 N–H and O–H groups in total. The maximum atomic E-state index is 12.4. The van der Waals surface area contributed by atoms with Crippen molar-refractivity contribution in [3.8, 4) is 0 Å². The number of ether oxygens (including phenoxy) is 2. The molecule has 0 fully saturated rings. The summed E-state index contributed by atoms with van der Waals surface area (Å²) in [5.74, 6) is -0.852. The van der Waals surface area contributed by atoms with Crippen molar-refractivity contribution in [2.45, 2.75) is 96.5 Å². The summed E-state index contributed by atoms with van der Waals surface area (Å²) in [4.78, 5) is 24.4. The van der Waals surface area contributed by atoms with E-state index in [2.05, 4.69) is 12.2 Å². The minimum absolute atomic E-state index is 0.0173. The molecule has 0 aliphatic carbocycles. The van der Waals surface area contributed by atoms with E-state index in [9.17, 15) is 14.7 Å². The van der Waals surface area contributed by atoms with Gasteiger partial charge in [-0.1, -0.05) is 119 Å². The normalized spacial score (nSPS) is 11.7. The van der Waals surface area contributed by atoms with Gasteiger partial charge in [0, 0.05) is 12.1 Å². The lowest BCUT2D eigenvalue weighted by Gasteiger charge is -2.15. The molecule has 1 unspecified atom stereocenters. The summed E-state index contributed by atoms with van der Waals surface area (Å²) in [5.41, 5.74) is 1.90. The second-order valence-corrected chi connectivity index (χ2v) is 10.7. The number of carbonyl (C=O) groups is 2. The summed E-state index contributed by atoms with van der Waals surface area (Å²) >= 11 is 12.5. The van der Waals surface area contributed by atoms with Crippen LogP contribution in [0.1, 0.15) is 89.5 Å². The van der Waals surface area contributed by atoms with Gasteiger partial charge in [0.1, 0.15) is 19.3 Å². The lowest BCUT2D eigenvalue weighted by atomic mass is 10.1. The van der Waals surface area contributed by atoms with Gasteiger partial charge in [0.25, 0.3) is 0 Å². The van der Waals surface area contributed by atoms with Crippen molar-refractivity contribution < 1.29 is 24.2 Å². The number of anilines is 2. The maximum absolute atomic E-state index is 12.4. The molecule has 0 aliphatic heterocycles. The van der Waals surface area contributed by atoms with Gasteiger partial charge in [-0.2, -0.15) is 0 Å². The molecule has 2 aromatic carbocycles. The van der Waals surface area contributed by atoms with Crippen LogP contribution in [-0.2, 0) is 25.5 Å². The molecule has 0 radical (unpaired) electrons. The fourth-order valence-electron chi connectivity index (χ4n) is 4.19. The Kier molecular flexibility index (Phi) is 16.7. The fraction of sp³-hybridized carbons (Fsp3) is 0.548. The number of hydrogen-bond acceptors (Lipinski definition) is 6. The molecule has 0 amide bonds. The predicted octanol–water partition coefficient (Wildman–Crippen LogP) is 8.43. The van der Waals surface area contributed by atoms with Crippen LogP contribution in [0.25, 0.3) is 0 Å². The van der Waals surface area contributed by atoms with Crippen LogP contribution in [0.2, 0.25) is 10.0 Å². The third-order valence-electron chi connectivity index (χ3n) is 6.43. The Morgan fingerprint density at radius 2 is 1.31 bits per heavy atom. The van der Waals surface area contributed by atoms with Crippen molar-refractivity contribution in [3.05, 3.63) is 58.1 Å². The van der Waals surface area contributed by atoms with E-state index >= 15 is 0 Å². The Labute approximate surface area is 243 Å².